The van der Waals surface area contributed by atoms with E-state index in [1.807, 2.05) is 0 Å². The number of hydrogen-bond acceptors (Lipinski definition) is 3. The molecule has 1 aromatic rings. The summed E-state index contributed by atoms with van der Waals surface area (Å²) in [4.78, 5) is 10.8. The van der Waals surface area contributed by atoms with Crippen molar-refractivity contribution in [1.29, 1.82) is 0 Å². The predicted octanol–water partition coefficient (Wildman–Crippen LogP) is 4.52. The maximum atomic E-state index is 6.14. The largest absolute Gasteiger partial charge is 0.353 e. The Bertz CT molecular complexity index is 392. The van der Waals surface area contributed by atoms with Gasteiger partial charge in [-0.15, -0.1) is 11.6 Å². The van der Waals surface area contributed by atoms with Gasteiger partial charge in [0, 0.05) is 18.2 Å². The average Bonchev–Trinajstić information content (AvgIpc) is 2.38. The summed E-state index contributed by atoms with van der Waals surface area (Å²) in [7, 11) is 0. The molecule has 0 saturated heterocycles. The summed E-state index contributed by atoms with van der Waals surface area (Å²) in [5, 5.41) is 0.458. The molecule has 3 nitrogen and oxygen atoms in total. The van der Waals surface area contributed by atoms with E-state index in [0.29, 0.717) is 23.0 Å². The Morgan fingerprint density at radius 2 is 1.84 bits per heavy atom. The Labute approximate surface area is 126 Å². The molecule has 0 atom stereocenters. The van der Waals surface area contributed by atoms with Crippen molar-refractivity contribution in [3.05, 3.63) is 17.0 Å². The van der Waals surface area contributed by atoms with Crippen molar-refractivity contribution in [2.45, 2.75) is 52.5 Å². The van der Waals surface area contributed by atoms with E-state index in [1.165, 1.54) is 6.33 Å². The standard InChI is InChI=1S/C14H23Cl2N3/c1-5-11(6-2)19(8-10(3)4)14-12(7-15)13(16)17-9-18-14/h9-11H,5-8H2,1-4H3. The summed E-state index contributed by atoms with van der Waals surface area (Å²) in [6.07, 6.45) is 3.67. The highest BCUT2D eigenvalue weighted by molar-refractivity contribution is 6.31. The van der Waals surface area contributed by atoms with E-state index in [0.717, 1.165) is 30.8 Å². The molecule has 0 saturated carbocycles. The van der Waals surface area contributed by atoms with Crippen LogP contribution >= 0.6 is 23.2 Å². The Kier molecular flexibility index (Phi) is 6.87. The summed E-state index contributed by atoms with van der Waals surface area (Å²) in [5.74, 6) is 1.78. The number of hydrogen-bond donors (Lipinski definition) is 0. The molecule has 0 aliphatic heterocycles. The minimum Gasteiger partial charge on any atom is -0.353 e. The van der Waals surface area contributed by atoms with E-state index in [1.54, 1.807) is 0 Å². The van der Waals surface area contributed by atoms with Crippen LogP contribution in [0, 0.1) is 5.92 Å². The van der Waals surface area contributed by atoms with Crippen LogP contribution in [0.3, 0.4) is 0 Å². The van der Waals surface area contributed by atoms with Crippen LogP contribution in [-0.2, 0) is 5.88 Å². The Morgan fingerprint density at radius 3 is 2.32 bits per heavy atom. The first-order valence-electron chi connectivity index (χ1n) is 6.87. The first-order chi connectivity index (χ1) is 9.04. The minimum absolute atomic E-state index is 0.337. The van der Waals surface area contributed by atoms with Gasteiger partial charge in [-0.05, 0) is 18.8 Å². The van der Waals surface area contributed by atoms with E-state index < -0.39 is 0 Å². The van der Waals surface area contributed by atoms with Crippen LogP contribution in [0.4, 0.5) is 5.82 Å². The molecule has 0 bridgehead atoms. The smallest absolute Gasteiger partial charge is 0.138 e. The molecule has 0 spiro atoms. The summed E-state index contributed by atoms with van der Waals surface area (Å²) < 4.78 is 0. The number of rotatable bonds is 7. The molecule has 0 aliphatic carbocycles. The summed E-state index contributed by atoms with van der Waals surface area (Å²) in [6, 6.07) is 0.454. The molecular weight excluding hydrogens is 281 g/mol. The van der Waals surface area contributed by atoms with Crippen molar-refractivity contribution in [2.24, 2.45) is 5.92 Å². The van der Waals surface area contributed by atoms with Gasteiger partial charge in [0.25, 0.3) is 0 Å². The van der Waals surface area contributed by atoms with Crippen molar-refractivity contribution in [2.75, 3.05) is 11.4 Å². The molecule has 0 amide bonds. The number of nitrogens with zero attached hydrogens (tertiary/aromatic N) is 3. The second kappa shape index (κ2) is 7.91. The lowest BCUT2D eigenvalue weighted by atomic mass is 10.1. The second-order valence-electron chi connectivity index (χ2n) is 5.12. The van der Waals surface area contributed by atoms with Crippen molar-refractivity contribution in [1.82, 2.24) is 9.97 Å². The molecule has 108 valence electrons. The van der Waals surface area contributed by atoms with Gasteiger partial charge in [-0.1, -0.05) is 39.3 Å². The molecular formula is C14H23Cl2N3. The molecule has 1 rings (SSSR count). The topological polar surface area (TPSA) is 29.0 Å². The lowest BCUT2D eigenvalue weighted by Gasteiger charge is -2.34. The van der Waals surface area contributed by atoms with Crippen LogP contribution in [-0.4, -0.2) is 22.6 Å². The predicted molar refractivity (Wildman–Crippen MR) is 83.2 cm³/mol. The second-order valence-corrected chi connectivity index (χ2v) is 5.74. The maximum Gasteiger partial charge on any atom is 0.138 e. The van der Waals surface area contributed by atoms with Gasteiger partial charge in [0.15, 0.2) is 0 Å². The zero-order valence-electron chi connectivity index (χ0n) is 12.2. The van der Waals surface area contributed by atoms with Crippen molar-refractivity contribution >= 4 is 29.0 Å². The Morgan fingerprint density at radius 1 is 1.21 bits per heavy atom. The number of halogens is 2. The van der Waals surface area contributed by atoms with Crippen LogP contribution in [0.25, 0.3) is 0 Å². The molecule has 0 aliphatic rings. The molecule has 0 radical (unpaired) electrons. The number of aromatic nitrogens is 2. The molecule has 0 unspecified atom stereocenters. The normalized spacial score (nSPS) is 11.4. The summed E-state index contributed by atoms with van der Waals surface area (Å²) >= 11 is 12.2. The van der Waals surface area contributed by atoms with Crippen LogP contribution < -0.4 is 4.90 Å². The molecule has 0 N–H and O–H groups in total. The molecule has 1 heterocycles. The third kappa shape index (κ3) is 4.22. The van der Waals surface area contributed by atoms with Gasteiger partial charge in [0.05, 0.1) is 5.88 Å². The van der Waals surface area contributed by atoms with Crippen LogP contribution in [0.2, 0.25) is 5.15 Å². The number of anilines is 1. The average molecular weight is 304 g/mol. The fourth-order valence-corrected chi connectivity index (χ4v) is 2.79. The zero-order chi connectivity index (χ0) is 14.4. The van der Waals surface area contributed by atoms with E-state index in [2.05, 4.69) is 42.6 Å². The monoisotopic (exact) mass is 303 g/mol. The van der Waals surface area contributed by atoms with E-state index in [9.17, 15) is 0 Å². The van der Waals surface area contributed by atoms with Gasteiger partial charge in [-0.2, -0.15) is 0 Å². The van der Waals surface area contributed by atoms with E-state index in [4.69, 9.17) is 23.2 Å². The van der Waals surface area contributed by atoms with Gasteiger partial charge in [0.2, 0.25) is 0 Å². The molecule has 1 aromatic heterocycles. The SMILES string of the molecule is CCC(CC)N(CC(C)C)c1ncnc(Cl)c1CCl. The minimum atomic E-state index is 0.337. The summed E-state index contributed by atoms with van der Waals surface area (Å²) in [6.45, 7) is 9.76. The van der Waals surface area contributed by atoms with Crippen LogP contribution in [0.15, 0.2) is 6.33 Å². The zero-order valence-corrected chi connectivity index (χ0v) is 13.7. The molecule has 5 heteroatoms. The van der Waals surface area contributed by atoms with Crippen molar-refractivity contribution in [3.63, 3.8) is 0 Å². The highest BCUT2D eigenvalue weighted by Gasteiger charge is 2.22. The van der Waals surface area contributed by atoms with E-state index in [-0.39, 0.29) is 0 Å². The van der Waals surface area contributed by atoms with E-state index >= 15 is 0 Å². The van der Waals surface area contributed by atoms with Gasteiger partial charge >= 0.3 is 0 Å². The lowest BCUT2D eigenvalue weighted by Crippen LogP contribution is -2.38. The molecule has 0 fully saturated rings. The Hall–Kier alpha value is -0.540. The van der Waals surface area contributed by atoms with Crippen LogP contribution in [0.5, 0.6) is 0 Å². The van der Waals surface area contributed by atoms with Gasteiger partial charge in [-0.25, -0.2) is 9.97 Å². The van der Waals surface area contributed by atoms with Gasteiger partial charge in [0.1, 0.15) is 17.3 Å². The quantitative estimate of drug-likeness (QED) is 0.548. The number of alkyl halides is 1. The van der Waals surface area contributed by atoms with Crippen molar-refractivity contribution in [3.8, 4) is 0 Å². The fraction of sp³-hybridized carbons (Fsp3) is 0.714. The Balaban J connectivity index is 3.19. The molecule has 19 heavy (non-hydrogen) atoms. The summed E-state index contributed by atoms with van der Waals surface area (Å²) in [5.41, 5.74) is 0.832. The molecule has 0 aromatic carbocycles. The van der Waals surface area contributed by atoms with Gasteiger partial charge < -0.3 is 4.90 Å². The third-order valence-electron chi connectivity index (χ3n) is 3.22. The first kappa shape index (κ1) is 16.5. The fourth-order valence-electron chi connectivity index (χ4n) is 2.28. The highest BCUT2D eigenvalue weighted by atomic mass is 35.5. The maximum absolute atomic E-state index is 6.14. The van der Waals surface area contributed by atoms with Gasteiger partial charge in [-0.3, -0.25) is 0 Å². The first-order valence-corrected chi connectivity index (χ1v) is 7.78. The lowest BCUT2D eigenvalue weighted by molar-refractivity contribution is 0.502. The third-order valence-corrected chi connectivity index (χ3v) is 3.81. The van der Waals surface area contributed by atoms with Crippen LogP contribution in [0.1, 0.15) is 46.1 Å². The highest BCUT2D eigenvalue weighted by Crippen LogP contribution is 2.28. The van der Waals surface area contributed by atoms with Crippen molar-refractivity contribution < 1.29 is 0 Å².